The molecular formula is C16H21N6O9PS. The number of anilines is 1. The fourth-order valence-electron chi connectivity index (χ4n) is 2.83. The second kappa shape index (κ2) is 10.9. The van der Waals surface area contributed by atoms with Gasteiger partial charge in [-0.1, -0.05) is 0 Å². The Morgan fingerprint density at radius 3 is 3.00 bits per heavy atom. The Kier molecular flexibility index (Phi) is 8.20. The Morgan fingerprint density at radius 2 is 2.33 bits per heavy atom. The van der Waals surface area contributed by atoms with E-state index in [1.165, 1.54) is 35.6 Å². The number of nitrogen functional groups attached to an aromatic ring is 1. The predicted octanol–water partition coefficient (Wildman–Crippen LogP) is 0.215. The van der Waals surface area contributed by atoms with E-state index in [1.54, 1.807) is 0 Å². The van der Waals surface area contributed by atoms with E-state index in [1.807, 2.05) is 0 Å². The van der Waals surface area contributed by atoms with Gasteiger partial charge in [-0.25, -0.2) is 14.9 Å². The van der Waals surface area contributed by atoms with Crippen LogP contribution in [-0.2, 0) is 25.2 Å². The maximum absolute atomic E-state index is 12.2. The maximum Gasteiger partial charge on any atom is 0.433 e. The third kappa shape index (κ3) is 6.61. The molecule has 33 heavy (non-hydrogen) atoms. The molecule has 0 spiro atoms. The Bertz CT molecular complexity index is 1090. The van der Waals surface area contributed by atoms with Crippen molar-refractivity contribution in [1.29, 1.82) is 0 Å². The lowest BCUT2D eigenvalue weighted by molar-refractivity contribution is -0.402. The van der Waals surface area contributed by atoms with Crippen molar-refractivity contribution in [3.63, 3.8) is 0 Å². The second-order valence-corrected chi connectivity index (χ2v) is 9.48. The Morgan fingerprint density at radius 1 is 1.58 bits per heavy atom. The summed E-state index contributed by atoms with van der Waals surface area (Å²) in [4.78, 5) is 41.1. The van der Waals surface area contributed by atoms with Crippen molar-refractivity contribution in [2.24, 2.45) is 0 Å². The van der Waals surface area contributed by atoms with Gasteiger partial charge in [0.05, 0.1) is 29.4 Å². The highest BCUT2D eigenvalue weighted by molar-refractivity contribution is 8.00. The quantitative estimate of drug-likeness (QED) is 0.171. The van der Waals surface area contributed by atoms with Crippen LogP contribution in [0.15, 0.2) is 27.7 Å². The summed E-state index contributed by atoms with van der Waals surface area (Å²) >= 11 is 1.24. The zero-order valence-corrected chi connectivity index (χ0v) is 19.0. The SMILES string of the molecule is C[C@H](N[PH](=O)OCC1S[C@@H](n2cnc(N)nc2=O)C[C@H]1O)C(=O)OCc1ccc([N+](=O)[O-])o1. The smallest absolute Gasteiger partial charge is 0.433 e. The van der Waals surface area contributed by atoms with Gasteiger partial charge in [-0.2, -0.15) is 4.98 Å². The normalized spacial score (nSPS) is 22.1. The number of rotatable bonds is 10. The summed E-state index contributed by atoms with van der Waals surface area (Å²) in [6.07, 6.45) is 0.643. The number of nitrogens with one attached hydrogen (secondary N) is 1. The van der Waals surface area contributed by atoms with Crippen LogP contribution in [0.5, 0.6) is 0 Å². The number of nitro groups is 1. The first kappa shape index (κ1) is 24.9. The molecule has 0 amide bonds. The summed E-state index contributed by atoms with van der Waals surface area (Å²) in [5.41, 5.74) is 4.77. The monoisotopic (exact) mass is 504 g/mol. The molecule has 0 radical (unpaired) electrons. The number of aliphatic hydroxyl groups excluding tert-OH is 1. The number of aliphatic hydroxyl groups is 1. The topological polar surface area (TPSA) is 215 Å². The Balaban J connectivity index is 1.42. The molecule has 2 aromatic heterocycles. The van der Waals surface area contributed by atoms with Crippen LogP contribution in [0.1, 0.15) is 24.5 Å². The number of hydrogen-bond acceptors (Lipinski definition) is 13. The first-order valence-corrected chi connectivity index (χ1v) is 11.8. The van der Waals surface area contributed by atoms with Crippen LogP contribution in [0.2, 0.25) is 0 Å². The molecule has 1 saturated heterocycles. The highest BCUT2D eigenvalue weighted by Gasteiger charge is 2.36. The molecule has 2 aromatic rings. The minimum atomic E-state index is -2.88. The fourth-order valence-corrected chi connectivity index (χ4v) is 5.27. The van der Waals surface area contributed by atoms with Gasteiger partial charge in [0.1, 0.15) is 29.7 Å². The lowest BCUT2D eigenvalue weighted by atomic mass is 10.2. The number of furan rings is 1. The standard InChI is InChI=1S/C16H21N6O9PS/c1-8(14(24)29-5-9-2-3-12(31-9)22(26)27)20-32(28)30-6-11-10(23)4-13(33-11)21-7-18-15(17)19-16(21)25/h2-3,7-8,10-11,13,23,32H,4-6H2,1H3,(H,20,28)(H2,17,19,25)/t8-,10+,11?,13+/m0/s1. The molecule has 3 rings (SSSR count). The van der Waals surface area contributed by atoms with E-state index < -0.39 is 53.4 Å². The highest BCUT2D eigenvalue weighted by atomic mass is 32.2. The average Bonchev–Trinajstić information content (AvgIpc) is 3.37. The number of ether oxygens (including phenoxy) is 1. The first-order chi connectivity index (χ1) is 15.6. The van der Waals surface area contributed by atoms with E-state index in [4.69, 9.17) is 19.4 Å². The zero-order chi connectivity index (χ0) is 24.1. The number of carbonyl (C=O) groups excluding carboxylic acids is 1. The number of aromatic nitrogens is 3. The van der Waals surface area contributed by atoms with Gasteiger partial charge in [0, 0.05) is 6.42 Å². The maximum atomic E-state index is 12.2. The number of thioether (sulfide) groups is 1. The molecule has 180 valence electrons. The summed E-state index contributed by atoms with van der Waals surface area (Å²) in [6.45, 7) is 0.970. The lowest BCUT2D eigenvalue weighted by Crippen LogP contribution is -2.31. The van der Waals surface area contributed by atoms with E-state index in [0.29, 0.717) is 0 Å². The number of carbonyl (C=O) groups is 1. The van der Waals surface area contributed by atoms with Crippen LogP contribution in [0, 0.1) is 10.1 Å². The van der Waals surface area contributed by atoms with Crippen LogP contribution in [0.25, 0.3) is 0 Å². The summed E-state index contributed by atoms with van der Waals surface area (Å²) in [7, 11) is -2.88. The van der Waals surface area contributed by atoms with Gasteiger partial charge in [0.2, 0.25) is 5.95 Å². The molecule has 0 bridgehead atoms. The van der Waals surface area contributed by atoms with Gasteiger partial charge in [-0.05, 0) is 13.0 Å². The molecular weight excluding hydrogens is 483 g/mol. The molecule has 3 heterocycles. The summed E-state index contributed by atoms with van der Waals surface area (Å²) in [6, 6.07) is 1.44. The highest BCUT2D eigenvalue weighted by Crippen LogP contribution is 2.41. The molecule has 0 aromatic carbocycles. The summed E-state index contributed by atoms with van der Waals surface area (Å²) < 4.78 is 28.5. The zero-order valence-electron chi connectivity index (χ0n) is 17.2. The van der Waals surface area contributed by atoms with Crippen LogP contribution in [0.4, 0.5) is 11.8 Å². The van der Waals surface area contributed by atoms with Crippen molar-refractivity contribution in [1.82, 2.24) is 19.6 Å². The van der Waals surface area contributed by atoms with E-state index in [-0.39, 0.29) is 31.3 Å². The van der Waals surface area contributed by atoms with E-state index >= 15 is 0 Å². The van der Waals surface area contributed by atoms with Crippen LogP contribution >= 0.6 is 19.9 Å². The summed E-state index contributed by atoms with van der Waals surface area (Å²) in [5, 5.41) is 22.4. The van der Waals surface area contributed by atoms with Gasteiger partial charge in [0.25, 0.3) is 8.18 Å². The van der Waals surface area contributed by atoms with Gasteiger partial charge in [-0.15, -0.1) is 11.8 Å². The second-order valence-electron chi connectivity index (χ2n) is 6.91. The Labute approximate surface area is 190 Å². The average molecular weight is 504 g/mol. The first-order valence-electron chi connectivity index (χ1n) is 9.51. The molecule has 0 aliphatic carbocycles. The van der Waals surface area contributed by atoms with Crippen molar-refractivity contribution in [2.75, 3.05) is 12.3 Å². The predicted molar refractivity (Wildman–Crippen MR) is 114 cm³/mol. The molecule has 1 aliphatic heterocycles. The largest absolute Gasteiger partial charge is 0.456 e. The van der Waals surface area contributed by atoms with Crippen LogP contribution in [-0.4, -0.2) is 54.5 Å². The molecule has 0 saturated carbocycles. The fraction of sp³-hybridized carbons (Fsp3) is 0.500. The van der Waals surface area contributed by atoms with Crippen molar-refractivity contribution in [3.8, 4) is 0 Å². The molecule has 15 nitrogen and oxygen atoms in total. The van der Waals surface area contributed by atoms with Gasteiger partial charge < -0.3 is 24.5 Å². The number of nitrogens with zero attached hydrogens (tertiary/aromatic N) is 4. The minimum Gasteiger partial charge on any atom is -0.456 e. The van der Waals surface area contributed by atoms with Gasteiger partial charge in [0.15, 0.2) is 0 Å². The third-order valence-corrected chi connectivity index (χ3v) is 7.14. The molecule has 1 fully saturated rings. The van der Waals surface area contributed by atoms with Crippen LogP contribution in [0.3, 0.4) is 0 Å². The van der Waals surface area contributed by atoms with Crippen LogP contribution < -0.4 is 16.5 Å². The van der Waals surface area contributed by atoms with Crippen molar-refractivity contribution < 1.29 is 33.1 Å². The van der Waals surface area contributed by atoms with E-state index in [0.717, 1.165) is 6.07 Å². The lowest BCUT2D eigenvalue weighted by Gasteiger charge is -2.16. The van der Waals surface area contributed by atoms with Gasteiger partial charge >= 0.3 is 17.5 Å². The third-order valence-electron chi connectivity index (χ3n) is 4.51. The van der Waals surface area contributed by atoms with E-state index in [2.05, 4.69) is 15.1 Å². The minimum absolute atomic E-state index is 0.0820. The van der Waals surface area contributed by atoms with Crippen molar-refractivity contribution in [2.45, 2.75) is 42.7 Å². The molecule has 17 heteroatoms. The number of esters is 1. The summed E-state index contributed by atoms with van der Waals surface area (Å²) in [5.74, 6) is -1.32. The molecule has 4 N–H and O–H groups in total. The molecule has 2 unspecified atom stereocenters. The molecule has 5 atom stereocenters. The Hall–Kier alpha value is -2.78. The molecule has 1 aliphatic rings. The van der Waals surface area contributed by atoms with Gasteiger partial charge in [-0.3, -0.25) is 24.0 Å². The van der Waals surface area contributed by atoms with E-state index in [9.17, 15) is 29.4 Å². The number of hydrogen-bond donors (Lipinski definition) is 3. The van der Waals surface area contributed by atoms with Crippen molar-refractivity contribution in [3.05, 3.63) is 44.8 Å². The number of nitrogens with two attached hydrogens (primary N) is 1. The van der Waals surface area contributed by atoms with Crippen molar-refractivity contribution >= 4 is 37.7 Å².